The van der Waals surface area contributed by atoms with Gasteiger partial charge in [-0.3, -0.25) is 4.79 Å². The third kappa shape index (κ3) is 4.18. The molecule has 0 aromatic carbocycles. The van der Waals surface area contributed by atoms with E-state index in [1.165, 1.54) is 12.0 Å². The molecule has 0 saturated carbocycles. The highest BCUT2D eigenvalue weighted by atomic mass is 16.5. The fourth-order valence-corrected chi connectivity index (χ4v) is 2.94. The topological polar surface area (TPSA) is 85.3 Å². The first-order chi connectivity index (χ1) is 10.5. The molecule has 1 N–H and O–H groups in total. The first-order valence-corrected chi connectivity index (χ1v) is 7.82. The molecule has 22 heavy (non-hydrogen) atoms. The van der Waals surface area contributed by atoms with Gasteiger partial charge in [0.05, 0.1) is 18.8 Å². The lowest BCUT2D eigenvalue weighted by Gasteiger charge is -2.27. The van der Waals surface area contributed by atoms with Crippen LogP contribution in [0.4, 0.5) is 0 Å². The number of likely N-dealkylation sites (tertiary alicyclic amines) is 1. The third-order valence-electron chi connectivity index (χ3n) is 4.32. The molecule has 4 atom stereocenters. The average molecular weight is 315 g/mol. The Morgan fingerprint density at radius 2 is 2.18 bits per heavy atom. The van der Waals surface area contributed by atoms with Crippen LogP contribution in [0.5, 0.6) is 0 Å². The minimum absolute atomic E-state index is 0.0320. The molecule has 126 valence electrons. The molecule has 0 aromatic rings. The standard InChI is InChI=1S/C15H25NO6/c1-10(22-9-11-5-3-4-6-21-11)14(17)16-8-12(20-2)7-13(16)15(18)19/h10-13H,3-9H2,1-2H3,(H,18,19). The first-order valence-electron chi connectivity index (χ1n) is 7.82. The number of carboxylic acids is 1. The number of ether oxygens (including phenoxy) is 3. The second-order valence-electron chi connectivity index (χ2n) is 5.90. The van der Waals surface area contributed by atoms with E-state index in [9.17, 15) is 14.7 Å². The van der Waals surface area contributed by atoms with Crippen molar-refractivity contribution < 1.29 is 28.9 Å². The van der Waals surface area contributed by atoms with Gasteiger partial charge in [0, 0.05) is 26.7 Å². The van der Waals surface area contributed by atoms with E-state index in [0.29, 0.717) is 19.6 Å². The van der Waals surface area contributed by atoms with Gasteiger partial charge in [-0.05, 0) is 26.2 Å². The highest BCUT2D eigenvalue weighted by Gasteiger charge is 2.41. The Bertz CT molecular complexity index is 395. The van der Waals surface area contributed by atoms with Gasteiger partial charge >= 0.3 is 5.97 Å². The number of aliphatic carboxylic acids is 1. The monoisotopic (exact) mass is 315 g/mol. The van der Waals surface area contributed by atoms with Gasteiger partial charge in [0.15, 0.2) is 0 Å². The summed E-state index contributed by atoms with van der Waals surface area (Å²) in [6.07, 6.45) is 2.55. The number of nitrogens with zero attached hydrogens (tertiary/aromatic N) is 1. The molecule has 0 radical (unpaired) electrons. The molecule has 0 bridgehead atoms. The molecule has 2 aliphatic rings. The van der Waals surface area contributed by atoms with Gasteiger partial charge in [0.2, 0.25) is 0 Å². The summed E-state index contributed by atoms with van der Waals surface area (Å²) >= 11 is 0. The van der Waals surface area contributed by atoms with Gasteiger partial charge in [-0.15, -0.1) is 0 Å². The molecule has 1 amide bonds. The van der Waals surface area contributed by atoms with Crippen molar-refractivity contribution in [2.45, 2.75) is 57.0 Å². The molecule has 0 aliphatic carbocycles. The fourth-order valence-electron chi connectivity index (χ4n) is 2.94. The summed E-state index contributed by atoms with van der Waals surface area (Å²) in [4.78, 5) is 25.1. The lowest BCUT2D eigenvalue weighted by Crippen LogP contribution is -2.46. The largest absolute Gasteiger partial charge is 0.480 e. The summed E-state index contributed by atoms with van der Waals surface area (Å²) in [5, 5.41) is 9.25. The van der Waals surface area contributed by atoms with Crippen LogP contribution in [0.25, 0.3) is 0 Å². The number of hydrogen-bond donors (Lipinski definition) is 1. The second kappa shape index (κ2) is 7.89. The van der Waals surface area contributed by atoms with Crippen LogP contribution < -0.4 is 0 Å². The number of carbonyl (C=O) groups is 2. The second-order valence-corrected chi connectivity index (χ2v) is 5.90. The third-order valence-corrected chi connectivity index (χ3v) is 4.32. The molecule has 7 nitrogen and oxygen atoms in total. The van der Waals surface area contributed by atoms with E-state index in [2.05, 4.69) is 0 Å². The Morgan fingerprint density at radius 3 is 2.77 bits per heavy atom. The number of methoxy groups -OCH3 is 1. The molecule has 2 fully saturated rings. The zero-order valence-corrected chi connectivity index (χ0v) is 13.2. The number of rotatable bonds is 6. The minimum atomic E-state index is -1.00. The summed E-state index contributed by atoms with van der Waals surface area (Å²) in [5.41, 5.74) is 0. The minimum Gasteiger partial charge on any atom is -0.480 e. The zero-order valence-electron chi connectivity index (χ0n) is 13.2. The SMILES string of the molecule is COC1CC(C(=O)O)N(C(=O)C(C)OCC2CCCCO2)C1. The number of carbonyl (C=O) groups excluding carboxylic acids is 1. The Balaban J connectivity index is 1.86. The van der Waals surface area contributed by atoms with Crippen molar-refractivity contribution in [2.75, 3.05) is 26.9 Å². The van der Waals surface area contributed by atoms with Gasteiger partial charge in [-0.2, -0.15) is 0 Å². The van der Waals surface area contributed by atoms with Crippen molar-refractivity contribution in [3.63, 3.8) is 0 Å². The fraction of sp³-hybridized carbons (Fsp3) is 0.867. The van der Waals surface area contributed by atoms with Crippen LogP contribution in [0, 0.1) is 0 Å². The predicted molar refractivity (Wildman–Crippen MR) is 77.6 cm³/mol. The average Bonchev–Trinajstić information content (AvgIpc) is 2.97. The molecule has 7 heteroatoms. The summed E-state index contributed by atoms with van der Waals surface area (Å²) in [6, 6.07) is -0.838. The maximum absolute atomic E-state index is 12.4. The Morgan fingerprint density at radius 1 is 1.41 bits per heavy atom. The lowest BCUT2D eigenvalue weighted by atomic mass is 10.1. The molecule has 2 rings (SSSR count). The van der Waals surface area contributed by atoms with Crippen LogP contribution in [0.15, 0.2) is 0 Å². The maximum atomic E-state index is 12.4. The molecule has 2 aliphatic heterocycles. The summed E-state index contributed by atoms with van der Waals surface area (Å²) < 4.78 is 16.4. The van der Waals surface area contributed by atoms with Crippen LogP contribution >= 0.6 is 0 Å². The van der Waals surface area contributed by atoms with Gasteiger partial charge in [0.25, 0.3) is 5.91 Å². The number of amides is 1. The highest BCUT2D eigenvalue weighted by Crippen LogP contribution is 2.22. The van der Waals surface area contributed by atoms with Gasteiger partial charge in [-0.25, -0.2) is 4.79 Å². The number of hydrogen-bond acceptors (Lipinski definition) is 5. The van der Waals surface area contributed by atoms with Gasteiger partial charge < -0.3 is 24.2 Å². The van der Waals surface area contributed by atoms with Crippen LogP contribution in [-0.4, -0.2) is 73.1 Å². The molecule has 4 unspecified atom stereocenters. The van der Waals surface area contributed by atoms with Crippen LogP contribution in [0.1, 0.15) is 32.6 Å². The van der Waals surface area contributed by atoms with Crippen LogP contribution in [0.3, 0.4) is 0 Å². The van der Waals surface area contributed by atoms with E-state index in [-0.39, 0.29) is 18.1 Å². The lowest BCUT2D eigenvalue weighted by molar-refractivity contribution is -0.155. The smallest absolute Gasteiger partial charge is 0.326 e. The van der Waals surface area contributed by atoms with Crippen molar-refractivity contribution >= 4 is 11.9 Å². The van der Waals surface area contributed by atoms with E-state index < -0.39 is 18.1 Å². The van der Waals surface area contributed by atoms with Crippen molar-refractivity contribution in [2.24, 2.45) is 0 Å². The summed E-state index contributed by atoms with van der Waals surface area (Å²) in [5.74, 6) is -1.31. The summed E-state index contributed by atoms with van der Waals surface area (Å²) in [6.45, 7) is 3.05. The van der Waals surface area contributed by atoms with E-state index in [0.717, 1.165) is 25.9 Å². The van der Waals surface area contributed by atoms with Crippen LogP contribution in [-0.2, 0) is 23.8 Å². The Kier molecular flexibility index (Phi) is 6.16. The maximum Gasteiger partial charge on any atom is 0.326 e. The normalized spacial score (nSPS) is 30.3. The van der Waals surface area contributed by atoms with Crippen molar-refractivity contribution in [3.8, 4) is 0 Å². The van der Waals surface area contributed by atoms with E-state index in [4.69, 9.17) is 14.2 Å². The van der Waals surface area contributed by atoms with E-state index >= 15 is 0 Å². The quantitative estimate of drug-likeness (QED) is 0.775. The zero-order chi connectivity index (χ0) is 16.1. The Labute approximate surface area is 130 Å². The van der Waals surface area contributed by atoms with Crippen molar-refractivity contribution in [3.05, 3.63) is 0 Å². The van der Waals surface area contributed by atoms with Crippen molar-refractivity contribution in [1.29, 1.82) is 0 Å². The first kappa shape index (κ1) is 17.2. The molecule has 2 heterocycles. The van der Waals surface area contributed by atoms with Crippen LogP contribution in [0.2, 0.25) is 0 Å². The van der Waals surface area contributed by atoms with E-state index in [1.807, 2.05) is 0 Å². The molecular formula is C15H25NO6. The predicted octanol–water partition coefficient (Wildman–Crippen LogP) is 0.661. The Hall–Kier alpha value is -1.18. The molecule has 2 saturated heterocycles. The molecule has 0 spiro atoms. The number of carboxylic acid groups (broad SMARTS) is 1. The molecule has 0 aromatic heterocycles. The van der Waals surface area contributed by atoms with E-state index in [1.54, 1.807) is 6.92 Å². The van der Waals surface area contributed by atoms with Gasteiger partial charge in [-0.1, -0.05) is 0 Å². The van der Waals surface area contributed by atoms with Crippen molar-refractivity contribution in [1.82, 2.24) is 4.90 Å². The van der Waals surface area contributed by atoms with Gasteiger partial charge in [0.1, 0.15) is 12.1 Å². The summed E-state index contributed by atoms with van der Waals surface area (Å²) in [7, 11) is 1.53. The molecular weight excluding hydrogens is 290 g/mol. The highest BCUT2D eigenvalue weighted by molar-refractivity contribution is 5.86.